The summed E-state index contributed by atoms with van der Waals surface area (Å²) < 4.78 is 14.6. The average molecular weight is 268 g/mol. The summed E-state index contributed by atoms with van der Waals surface area (Å²) in [7, 11) is -4.34. The van der Waals surface area contributed by atoms with Crippen molar-refractivity contribution in [2.24, 2.45) is 0 Å². The van der Waals surface area contributed by atoms with Crippen molar-refractivity contribution in [2.75, 3.05) is 13.2 Å². The van der Waals surface area contributed by atoms with Crippen molar-refractivity contribution in [3.05, 3.63) is 12.7 Å². The standard InChI is InChI=1S/C9H17O7P/c1-2-9(10)16-14-7-5-3-4-6-8-15-17(11,12)13/h2H,1,3-8H2,(H2,11,12,13). The minimum atomic E-state index is -4.34. The van der Waals surface area contributed by atoms with Crippen LogP contribution in [0, 0.1) is 0 Å². The summed E-state index contributed by atoms with van der Waals surface area (Å²) >= 11 is 0. The van der Waals surface area contributed by atoms with E-state index in [2.05, 4.69) is 20.9 Å². The third-order valence-corrected chi connectivity index (χ3v) is 2.21. The lowest BCUT2D eigenvalue weighted by atomic mass is 10.2. The van der Waals surface area contributed by atoms with E-state index in [9.17, 15) is 9.36 Å². The SMILES string of the molecule is C=CC(=O)OOCCCCCCOP(=O)(O)O. The first-order valence-corrected chi connectivity index (χ1v) is 6.64. The third-order valence-electron chi connectivity index (χ3n) is 1.69. The molecule has 0 saturated heterocycles. The van der Waals surface area contributed by atoms with E-state index >= 15 is 0 Å². The zero-order valence-corrected chi connectivity index (χ0v) is 10.3. The second-order valence-electron chi connectivity index (χ2n) is 3.17. The molecule has 0 bridgehead atoms. The smallest absolute Gasteiger partial charge is 0.303 e. The van der Waals surface area contributed by atoms with Crippen LogP contribution in [-0.4, -0.2) is 29.0 Å². The molecule has 0 fully saturated rings. The Morgan fingerprint density at radius 1 is 1.18 bits per heavy atom. The molecule has 0 aliphatic rings. The van der Waals surface area contributed by atoms with Gasteiger partial charge in [0.25, 0.3) is 0 Å². The van der Waals surface area contributed by atoms with Crippen molar-refractivity contribution < 1.29 is 33.4 Å². The van der Waals surface area contributed by atoms with Gasteiger partial charge in [0.15, 0.2) is 0 Å². The maximum absolute atomic E-state index is 10.5. The van der Waals surface area contributed by atoms with E-state index < -0.39 is 13.8 Å². The topological polar surface area (TPSA) is 102 Å². The molecule has 0 heterocycles. The zero-order chi connectivity index (χ0) is 13.1. The monoisotopic (exact) mass is 268 g/mol. The lowest BCUT2D eigenvalue weighted by Crippen LogP contribution is -2.02. The lowest BCUT2D eigenvalue weighted by molar-refractivity contribution is -0.267. The summed E-state index contributed by atoms with van der Waals surface area (Å²) in [5.41, 5.74) is 0. The van der Waals surface area contributed by atoms with Gasteiger partial charge in [-0.1, -0.05) is 19.4 Å². The first-order valence-electron chi connectivity index (χ1n) is 5.11. The van der Waals surface area contributed by atoms with Crippen molar-refractivity contribution in [2.45, 2.75) is 25.7 Å². The van der Waals surface area contributed by atoms with E-state index in [1.807, 2.05) is 0 Å². The van der Waals surface area contributed by atoms with Gasteiger partial charge in [-0.05, 0) is 12.8 Å². The van der Waals surface area contributed by atoms with Crippen molar-refractivity contribution in [1.82, 2.24) is 0 Å². The molecule has 0 spiro atoms. The van der Waals surface area contributed by atoms with Gasteiger partial charge in [-0.15, -0.1) is 0 Å². The molecule has 0 unspecified atom stereocenters. The van der Waals surface area contributed by atoms with Gasteiger partial charge in [0.1, 0.15) is 0 Å². The summed E-state index contributed by atoms with van der Waals surface area (Å²) in [6, 6.07) is 0. The number of unbranched alkanes of at least 4 members (excludes halogenated alkanes) is 3. The predicted octanol–water partition coefficient (Wildman–Crippen LogP) is 1.32. The highest BCUT2D eigenvalue weighted by molar-refractivity contribution is 7.46. The molecule has 0 atom stereocenters. The lowest BCUT2D eigenvalue weighted by Gasteiger charge is -2.04. The number of carbonyl (C=O) groups is 1. The molecule has 2 N–H and O–H groups in total. The molecule has 7 nitrogen and oxygen atoms in total. The van der Waals surface area contributed by atoms with Crippen LogP contribution in [0.25, 0.3) is 0 Å². The Bertz CT molecular complexity index is 273. The number of phosphoric ester groups is 1. The zero-order valence-electron chi connectivity index (χ0n) is 9.41. The summed E-state index contributed by atoms with van der Waals surface area (Å²) in [5, 5.41) is 0. The summed E-state index contributed by atoms with van der Waals surface area (Å²) in [6.45, 7) is 3.50. The maximum Gasteiger partial charge on any atom is 0.469 e. The Morgan fingerprint density at radius 3 is 2.29 bits per heavy atom. The molecule has 17 heavy (non-hydrogen) atoms. The van der Waals surface area contributed by atoms with Gasteiger partial charge in [-0.25, -0.2) is 9.36 Å². The van der Waals surface area contributed by atoms with Crippen molar-refractivity contribution in [3.8, 4) is 0 Å². The molecular weight excluding hydrogens is 251 g/mol. The molecule has 0 aliphatic carbocycles. The number of rotatable bonds is 10. The molecule has 0 amide bonds. The van der Waals surface area contributed by atoms with Crippen LogP contribution in [0.5, 0.6) is 0 Å². The van der Waals surface area contributed by atoms with Crippen molar-refractivity contribution in [1.29, 1.82) is 0 Å². The Hall–Kier alpha value is -0.720. The van der Waals surface area contributed by atoms with Crippen LogP contribution in [-0.2, 0) is 23.7 Å². The third kappa shape index (κ3) is 13.2. The van der Waals surface area contributed by atoms with Gasteiger partial charge >= 0.3 is 13.8 Å². The average Bonchev–Trinajstić information content (AvgIpc) is 2.25. The predicted molar refractivity (Wildman–Crippen MR) is 58.7 cm³/mol. The second-order valence-corrected chi connectivity index (χ2v) is 4.41. The van der Waals surface area contributed by atoms with Crippen LogP contribution in [0.1, 0.15) is 25.7 Å². The minimum absolute atomic E-state index is 0.0244. The highest BCUT2D eigenvalue weighted by Crippen LogP contribution is 2.35. The summed E-state index contributed by atoms with van der Waals surface area (Å²) in [4.78, 5) is 36.1. The van der Waals surface area contributed by atoms with E-state index in [1.165, 1.54) is 0 Å². The molecule has 100 valence electrons. The molecule has 0 aromatic carbocycles. The Balaban J connectivity index is 3.17. The fourth-order valence-electron chi connectivity index (χ4n) is 0.934. The first kappa shape index (κ1) is 16.3. The normalized spacial score (nSPS) is 11.2. The Kier molecular flexibility index (Phi) is 8.93. The number of hydrogen-bond acceptors (Lipinski definition) is 5. The van der Waals surface area contributed by atoms with E-state index in [-0.39, 0.29) is 13.2 Å². The Labute approximate surface area is 99.5 Å². The van der Waals surface area contributed by atoms with Crippen molar-refractivity contribution >= 4 is 13.8 Å². The van der Waals surface area contributed by atoms with E-state index in [4.69, 9.17) is 9.79 Å². The van der Waals surface area contributed by atoms with Crippen LogP contribution in [0.15, 0.2) is 12.7 Å². The quantitative estimate of drug-likeness (QED) is 0.202. The highest BCUT2D eigenvalue weighted by atomic mass is 31.2. The molecule has 0 aromatic heterocycles. The minimum Gasteiger partial charge on any atom is -0.303 e. The molecule has 0 aliphatic heterocycles. The fourth-order valence-corrected chi connectivity index (χ4v) is 1.30. The van der Waals surface area contributed by atoms with Gasteiger partial charge < -0.3 is 9.79 Å². The van der Waals surface area contributed by atoms with Gasteiger partial charge in [0, 0.05) is 6.08 Å². The van der Waals surface area contributed by atoms with Crippen LogP contribution in [0.4, 0.5) is 0 Å². The van der Waals surface area contributed by atoms with Gasteiger partial charge in [-0.2, -0.15) is 4.89 Å². The van der Waals surface area contributed by atoms with E-state index in [0.29, 0.717) is 12.8 Å². The number of hydrogen-bond donors (Lipinski definition) is 2. The molecule has 8 heteroatoms. The Morgan fingerprint density at radius 2 is 1.76 bits per heavy atom. The first-order chi connectivity index (χ1) is 7.95. The van der Waals surface area contributed by atoms with Crippen molar-refractivity contribution in [3.63, 3.8) is 0 Å². The van der Waals surface area contributed by atoms with E-state index in [0.717, 1.165) is 18.9 Å². The summed E-state index contributed by atoms with van der Waals surface area (Å²) in [5.74, 6) is -0.639. The number of carbonyl (C=O) groups excluding carboxylic acids is 1. The molecule has 0 aromatic rings. The maximum atomic E-state index is 10.5. The molecular formula is C9H17O7P. The number of phosphoric acid groups is 1. The highest BCUT2D eigenvalue weighted by Gasteiger charge is 2.12. The van der Waals surface area contributed by atoms with Gasteiger partial charge in [-0.3, -0.25) is 9.41 Å². The van der Waals surface area contributed by atoms with Crippen LogP contribution >= 0.6 is 7.82 Å². The largest absolute Gasteiger partial charge is 0.469 e. The second kappa shape index (κ2) is 9.32. The van der Waals surface area contributed by atoms with E-state index in [1.54, 1.807) is 0 Å². The van der Waals surface area contributed by atoms with Crippen LogP contribution < -0.4 is 0 Å². The van der Waals surface area contributed by atoms with Gasteiger partial charge in [0.05, 0.1) is 13.2 Å². The summed E-state index contributed by atoms with van der Waals surface area (Å²) in [6.07, 6.45) is 3.77. The fraction of sp³-hybridized carbons (Fsp3) is 0.667. The molecule has 0 rings (SSSR count). The van der Waals surface area contributed by atoms with Crippen LogP contribution in [0.3, 0.4) is 0 Å². The van der Waals surface area contributed by atoms with Gasteiger partial charge in [0.2, 0.25) is 0 Å². The molecule has 0 radical (unpaired) electrons. The molecule has 0 saturated carbocycles. The van der Waals surface area contributed by atoms with Crippen LogP contribution in [0.2, 0.25) is 0 Å².